The topological polar surface area (TPSA) is 24.9 Å². The van der Waals surface area contributed by atoms with Crippen molar-refractivity contribution in [3.63, 3.8) is 0 Å². The molecule has 0 aromatic carbocycles. The molecular weight excluding hydrogens is 228 g/mol. The Morgan fingerprint density at radius 1 is 1.18 bits per heavy atom. The summed E-state index contributed by atoms with van der Waals surface area (Å²) in [5, 5.41) is 4.80. The SMILES string of the molecule is CCCCNCc1sc(C(C)C)nc1C(C)C. The van der Waals surface area contributed by atoms with Crippen LogP contribution in [-0.4, -0.2) is 11.5 Å². The Kier molecular flexibility index (Phi) is 6.14. The summed E-state index contributed by atoms with van der Waals surface area (Å²) in [6, 6.07) is 0. The van der Waals surface area contributed by atoms with Crippen LogP contribution in [0, 0.1) is 0 Å². The van der Waals surface area contributed by atoms with E-state index in [1.165, 1.54) is 28.4 Å². The molecule has 1 aromatic rings. The van der Waals surface area contributed by atoms with Crippen LogP contribution in [0.3, 0.4) is 0 Å². The van der Waals surface area contributed by atoms with Gasteiger partial charge >= 0.3 is 0 Å². The highest BCUT2D eigenvalue weighted by Crippen LogP contribution is 2.29. The molecule has 1 heterocycles. The van der Waals surface area contributed by atoms with Crippen LogP contribution in [0.4, 0.5) is 0 Å². The van der Waals surface area contributed by atoms with Crippen LogP contribution in [0.5, 0.6) is 0 Å². The molecule has 0 bridgehead atoms. The van der Waals surface area contributed by atoms with Crippen LogP contribution in [0.2, 0.25) is 0 Å². The van der Waals surface area contributed by atoms with E-state index in [2.05, 4.69) is 39.9 Å². The van der Waals surface area contributed by atoms with Gasteiger partial charge in [0.15, 0.2) is 0 Å². The molecule has 0 atom stereocenters. The first-order chi connectivity index (χ1) is 8.06. The molecule has 0 aliphatic carbocycles. The van der Waals surface area contributed by atoms with Crippen molar-refractivity contribution in [2.24, 2.45) is 0 Å². The molecule has 0 saturated heterocycles. The van der Waals surface area contributed by atoms with E-state index in [1.807, 2.05) is 11.3 Å². The monoisotopic (exact) mass is 254 g/mol. The van der Waals surface area contributed by atoms with Gasteiger partial charge in [-0.2, -0.15) is 0 Å². The molecule has 0 spiro atoms. The lowest BCUT2D eigenvalue weighted by atomic mass is 10.1. The van der Waals surface area contributed by atoms with Crippen LogP contribution in [0.15, 0.2) is 0 Å². The summed E-state index contributed by atoms with van der Waals surface area (Å²) >= 11 is 1.88. The number of aromatic nitrogens is 1. The Morgan fingerprint density at radius 2 is 1.88 bits per heavy atom. The summed E-state index contributed by atoms with van der Waals surface area (Å²) in [7, 11) is 0. The van der Waals surface area contributed by atoms with Crippen molar-refractivity contribution in [3.8, 4) is 0 Å². The summed E-state index contributed by atoms with van der Waals surface area (Å²) in [5.74, 6) is 1.07. The van der Waals surface area contributed by atoms with E-state index in [4.69, 9.17) is 4.98 Å². The van der Waals surface area contributed by atoms with Crippen molar-refractivity contribution >= 4 is 11.3 Å². The lowest BCUT2D eigenvalue weighted by Crippen LogP contribution is -2.14. The first-order valence-electron chi connectivity index (χ1n) is 6.76. The summed E-state index contributed by atoms with van der Waals surface area (Å²) in [6.07, 6.45) is 2.51. The molecule has 0 radical (unpaired) electrons. The Labute approximate surface area is 110 Å². The first-order valence-corrected chi connectivity index (χ1v) is 7.58. The van der Waals surface area contributed by atoms with Gasteiger partial charge in [-0.05, 0) is 18.9 Å². The van der Waals surface area contributed by atoms with E-state index in [1.54, 1.807) is 0 Å². The average molecular weight is 254 g/mol. The molecule has 0 unspecified atom stereocenters. The van der Waals surface area contributed by atoms with Gasteiger partial charge in [0.25, 0.3) is 0 Å². The Hall–Kier alpha value is -0.410. The van der Waals surface area contributed by atoms with Gasteiger partial charge in [-0.25, -0.2) is 4.98 Å². The predicted molar refractivity (Wildman–Crippen MR) is 76.9 cm³/mol. The zero-order valence-corrected chi connectivity index (χ0v) is 12.7. The number of nitrogens with one attached hydrogen (secondary N) is 1. The highest BCUT2D eigenvalue weighted by atomic mass is 32.1. The molecule has 3 heteroatoms. The van der Waals surface area contributed by atoms with Gasteiger partial charge in [0.05, 0.1) is 10.7 Å². The summed E-state index contributed by atoms with van der Waals surface area (Å²) in [4.78, 5) is 6.22. The minimum Gasteiger partial charge on any atom is -0.312 e. The van der Waals surface area contributed by atoms with Gasteiger partial charge in [-0.15, -0.1) is 11.3 Å². The zero-order valence-electron chi connectivity index (χ0n) is 11.8. The molecule has 0 fully saturated rings. The van der Waals surface area contributed by atoms with Crippen molar-refractivity contribution in [2.75, 3.05) is 6.54 Å². The highest BCUT2D eigenvalue weighted by molar-refractivity contribution is 7.11. The van der Waals surface area contributed by atoms with Gasteiger partial charge in [-0.3, -0.25) is 0 Å². The first kappa shape index (κ1) is 14.7. The Morgan fingerprint density at radius 3 is 2.41 bits per heavy atom. The second-order valence-electron chi connectivity index (χ2n) is 5.20. The molecule has 2 nitrogen and oxygen atoms in total. The van der Waals surface area contributed by atoms with Crippen molar-refractivity contribution < 1.29 is 0 Å². The zero-order chi connectivity index (χ0) is 12.8. The lowest BCUT2D eigenvalue weighted by Gasteiger charge is -2.06. The van der Waals surface area contributed by atoms with Gasteiger partial charge < -0.3 is 5.32 Å². The van der Waals surface area contributed by atoms with Gasteiger partial charge in [0.1, 0.15) is 0 Å². The maximum Gasteiger partial charge on any atom is 0.0957 e. The number of rotatable bonds is 7. The second-order valence-corrected chi connectivity index (χ2v) is 6.32. The minimum atomic E-state index is 0.529. The quantitative estimate of drug-likeness (QED) is 0.735. The van der Waals surface area contributed by atoms with Crippen molar-refractivity contribution in [1.29, 1.82) is 0 Å². The molecule has 0 amide bonds. The summed E-state index contributed by atoms with van der Waals surface area (Å²) in [5.41, 5.74) is 1.29. The lowest BCUT2D eigenvalue weighted by molar-refractivity contribution is 0.638. The van der Waals surface area contributed by atoms with E-state index in [0.29, 0.717) is 11.8 Å². The van der Waals surface area contributed by atoms with E-state index >= 15 is 0 Å². The highest BCUT2D eigenvalue weighted by Gasteiger charge is 2.15. The summed E-state index contributed by atoms with van der Waals surface area (Å²) in [6.45, 7) is 13.2. The molecule has 17 heavy (non-hydrogen) atoms. The fourth-order valence-electron chi connectivity index (χ4n) is 1.71. The van der Waals surface area contributed by atoms with E-state index in [-0.39, 0.29) is 0 Å². The predicted octanol–water partition coefficient (Wildman–Crippen LogP) is 4.28. The number of thiazole rings is 1. The van der Waals surface area contributed by atoms with E-state index in [9.17, 15) is 0 Å². The van der Waals surface area contributed by atoms with Gasteiger partial charge in [-0.1, -0.05) is 41.0 Å². The van der Waals surface area contributed by atoms with Gasteiger partial charge in [0.2, 0.25) is 0 Å². The maximum atomic E-state index is 4.79. The molecule has 1 rings (SSSR count). The van der Waals surface area contributed by atoms with Crippen LogP contribution in [0.1, 0.15) is 74.9 Å². The number of unbranched alkanes of at least 4 members (excludes halogenated alkanes) is 1. The van der Waals surface area contributed by atoms with E-state index < -0.39 is 0 Å². The number of hydrogen-bond acceptors (Lipinski definition) is 3. The van der Waals surface area contributed by atoms with Crippen LogP contribution in [-0.2, 0) is 6.54 Å². The largest absolute Gasteiger partial charge is 0.312 e. The maximum absolute atomic E-state index is 4.79. The van der Waals surface area contributed by atoms with Gasteiger partial charge in [0, 0.05) is 17.3 Å². The molecule has 0 aliphatic heterocycles. The molecule has 0 saturated carbocycles. The molecule has 0 aliphatic rings. The second kappa shape index (κ2) is 7.12. The standard InChI is InChI=1S/C14H26N2S/c1-6-7-8-15-9-12-13(10(2)3)16-14(17-12)11(4)5/h10-11,15H,6-9H2,1-5H3. The fourth-order valence-corrected chi connectivity index (χ4v) is 2.90. The van der Waals surface area contributed by atoms with Crippen molar-refractivity contribution in [1.82, 2.24) is 10.3 Å². The average Bonchev–Trinajstić information content (AvgIpc) is 2.68. The number of hydrogen-bond donors (Lipinski definition) is 1. The summed E-state index contributed by atoms with van der Waals surface area (Å²) < 4.78 is 0. The molecule has 98 valence electrons. The molecule has 1 N–H and O–H groups in total. The van der Waals surface area contributed by atoms with Crippen LogP contribution in [0.25, 0.3) is 0 Å². The van der Waals surface area contributed by atoms with Crippen molar-refractivity contribution in [2.45, 2.75) is 65.8 Å². The Bertz CT molecular complexity index is 329. The normalized spacial score (nSPS) is 11.7. The molecule has 1 aromatic heterocycles. The van der Waals surface area contributed by atoms with Crippen molar-refractivity contribution in [3.05, 3.63) is 15.6 Å². The third-order valence-electron chi connectivity index (χ3n) is 2.78. The fraction of sp³-hybridized carbons (Fsp3) is 0.786. The third-order valence-corrected chi connectivity index (χ3v) is 4.15. The van der Waals surface area contributed by atoms with E-state index in [0.717, 1.165) is 13.1 Å². The van der Waals surface area contributed by atoms with Crippen LogP contribution < -0.4 is 5.32 Å². The minimum absolute atomic E-state index is 0.529. The number of nitrogens with zero attached hydrogens (tertiary/aromatic N) is 1. The smallest absolute Gasteiger partial charge is 0.0957 e. The van der Waals surface area contributed by atoms with Crippen LogP contribution >= 0.6 is 11.3 Å². The third kappa shape index (κ3) is 4.40. The molecular formula is C14H26N2S. The Balaban J connectivity index is 2.68.